The number of hydrogen-bond donors (Lipinski definition) is 1. The quantitative estimate of drug-likeness (QED) is 0.835. The SMILES string of the molecule is CCC1CN(Cc2cc(CNCC(C)C)sc2C)CCO1. The van der Waals surface area contributed by atoms with Crippen LogP contribution in [0.2, 0.25) is 0 Å². The predicted octanol–water partition coefficient (Wildman–Crippen LogP) is 3.41. The van der Waals surface area contributed by atoms with Gasteiger partial charge in [0.15, 0.2) is 0 Å². The van der Waals surface area contributed by atoms with E-state index in [1.807, 2.05) is 11.3 Å². The molecule has 0 aromatic carbocycles. The third-order valence-corrected chi connectivity index (χ3v) is 5.09. The van der Waals surface area contributed by atoms with Crippen molar-refractivity contribution in [1.82, 2.24) is 10.2 Å². The fourth-order valence-corrected chi connectivity index (χ4v) is 3.75. The maximum absolute atomic E-state index is 5.76. The zero-order chi connectivity index (χ0) is 15.2. The number of nitrogens with zero attached hydrogens (tertiary/aromatic N) is 1. The molecule has 1 saturated heterocycles. The summed E-state index contributed by atoms with van der Waals surface area (Å²) in [5.41, 5.74) is 1.50. The van der Waals surface area contributed by atoms with Crippen LogP contribution >= 0.6 is 11.3 Å². The van der Waals surface area contributed by atoms with Gasteiger partial charge in [-0.25, -0.2) is 0 Å². The molecule has 3 nitrogen and oxygen atoms in total. The Hall–Kier alpha value is -0.420. The first-order valence-corrected chi connectivity index (χ1v) is 9.03. The van der Waals surface area contributed by atoms with E-state index in [9.17, 15) is 0 Å². The fraction of sp³-hybridized carbons (Fsp3) is 0.765. The van der Waals surface area contributed by atoms with Gasteiger partial charge in [-0.3, -0.25) is 4.90 Å². The lowest BCUT2D eigenvalue weighted by molar-refractivity contribution is -0.0324. The van der Waals surface area contributed by atoms with Crippen molar-refractivity contribution in [3.63, 3.8) is 0 Å². The molecule has 0 amide bonds. The molecule has 120 valence electrons. The largest absolute Gasteiger partial charge is 0.376 e. The molecule has 4 heteroatoms. The normalized spacial score (nSPS) is 20.3. The first-order chi connectivity index (χ1) is 10.1. The van der Waals surface area contributed by atoms with E-state index >= 15 is 0 Å². The molecule has 0 radical (unpaired) electrons. The van der Waals surface area contributed by atoms with E-state index in [0.717, 1.165) is 45.8 Å². The first-order valence-electron chi connectivity index (χ1n) is 8.21. The molecule has 1 unspecified atom stereocenters. The van der Waals surface area contributed by atoms with Gasteiger partial charge in [-0.2, -0.15) is 0 Å². The minimum atomic E-state index is 0.421. The van der Waals surface area contributed by atoms with Gasteiger partial charge in [-0.15, -0.1) is 11.3 Å². The topological polar surface area (TPSA) is 24.5 Å². The summed E-state index contributed by atoms with van der Waals surface area (Å²) in [6.45, 7) is 15.2. The van der Waals surface area contributed by atoms with Crippen LogP contribution in [0.1, 0.15) is 42.5 Å². The monoisotopic (exact) mass is 310 g/mol. The number of hydrogen-bond acceptors (Lipinski definition) is 4. The molecule has 1 aromatic rings. The number of thiophene rings is 1. The highest BCUT2D eigenvalue weighted by Crippen LogP contribution is 2.24. The Kier molecular flexibility index (Phi) is 6.68. The maximum atomic E-state index is 5.76. The Morgan fingerprint density at radius 1 is 1.48 bits per heavy atom. The van der Waals surface area contributed by atoms with Gasteiger partial charge in [-0.1, -0.05) is 20.8 Å². The van der Waals surface area contributed by atoms with E-state index in [-0.39, 0.29) is 0 Å². The third-order valence-electron chi connectivity index (χ3n) is 4.00. The molecule has 0 saturated carbocycles. The van der Waals surface area contributed by atoms with Gasteiger partial charge in [0.2, 0.25) is 0 Å². The predicted molar refractivity (Wildman–Crippen MR) is 90.9 cm³/mol. The van der Waals surface area contributed by atoms with Crippen LogP contribution in [-0.4, -0.2) is 37.2 Å². The first kappa shape index (κ1) is 16.9. The lowest BCUT2D eigenvalue weighted by Crippen LogP contribution is -2.41. The molecule has 0 spiro atoms. The highest BCUT2D eigenvalue weighted by molar-refractivity contribution is 7.12. The second-order valence-electron chi connectivity index (χ2n) is 6.46. The Morgan fingerprint density at radius 3 is 3.00 bits per heavy atom. The molecule has 1 atom stereocenters. The second-order valence-corrected chi connectivity index (χ2v) is 7.80. The van der Waals surface area contributed by atoms with Crippen molar-refractivity contribution in [1.29, 1.82) is 0 Å². The molecule has 2 rings (SSSR count). The van der Waals surface area contributed by atoms with Crippen LogP contribution in [0.15, 0.2) is 6.07 Å². The summed E-state index contributed by atoms with van der Waals surface area (Å²) in [5, 5.41) is 3.54. The maximum Gasteiger partial charge on any atom is 0.0700 e. The van der Waals surface area contributed by atoms with E-state index in [0.29, 0.717) is 12.0 Å². The summed E-state index contributed by atoms with van der Waals surface area (Å²) in [6, 6.07) is 2.39. The fourth-order valence-electron chi connectivity index (χ4n) is 2.73. The summed E-state index contributed by atoms with van der Waals surface area (Å²) < 4.78 is 5.76. The summed E-state index contributed by atoms with van der Waals surface area (Å²) in [7, 11) is 0. The molecule has 0 bridgehead atoms. The minimum Gasteiger partial charge on any atom is -0.376 e. The van der Waals surface area contributed by atoms with Gasteiger partial charge >= 0.3 is 0 Å². The molecule has 1 aromatic heterocycles. The Balaban J connectivity index is 1.86. The standard InChI is InChI=1S/C17H30N2OS/c1-5-16-12-19(6-7-20-16)11-15-8-17(21-14(15)4)10-18-9-13(2)3/h8,13,16,18H,5-7,9-12H2,1-4H3. The molecule has 2 heterocycles. The van der Waals surface area contributed by atoms with Crippen molar-refractivity contribution in [3.8, 4) is 0 Å². The van der Waals surface area contributed by atoms with Crippen LogP contribution < -0.4 is 5.32 Å². The Morgan fingerprint density at radius 2 is 2.29 bits per heavy atom. The highest BCUT2D eigenvalue weighted by Gasteiger charge is 2.20. The zero-order valence-corrected chi connectivity index (χ0v) is 14.8. The number of morpholine rings is 1. The number of rotatable bonds is 7. The van der Waals surface area contributed by atoms with Crippen LogP contribution in [0.25, 0.3) is 0 Å². The number of nitrogens with one attached hydrogen (secondary N) is 1. The van der Waals surface area contributed by atoms with Crippen LogP contribution in [0, 0.1) is 12.8 Å². The molecular weight excluding hydrogens is 280 g/mol. The summed E-state index contributed by atoms with van der Waals surface area (Å²) in [4.78, 5) is 5.47. The summed E-state index contributed by atoms with van der Waals surface area (Å²) in [6.07, 6.45) is 1.54. The molecular formula is C17H30N2OS. The van der Waals surface area contributed by atoms with Crippen molar-refractivity contribution in [2.45, 2.75) is 53.3 Å². The minimum absolute atomic E-state index is 0.421. The Bertz CT molecular complexity index is 430. The average molecular weight is 311 g/mol. The zero-order valence-electron chi connectivity index (χ0n) is 13.9. The van der Waals surface area contributed by atoms with Gasteiger partial charge in [0.1, 0.15) is 0 Å². The van der Waals surface area contributed by atoms with Crippen LogP contribution in [-0.2, 0) is 17.8 Å². The molecule has 1 fully saturated rings. The van der Waals surface area contributed by atoms with E-state index < -0.39 is 0 Å². The second kappa shape index (κ2) is 8.28. The molecule has 0 aliphatic carbocycles. The van der Waals surface area contributed by atoms with Gasteiger partial charge in [0.05, 0.1) is 12.7 Å². The molecule has 1 aliphatic heterocycles. The van der Waals surface area contributed by atoms with Crippen LogP contribution in [0.5, 0.6) is 0 Å². The van der Waals surface area contributed by atoms with E-state index in [2.05, 4.69) is 44.0 Å². The van der Waals surface area contributed by atoms with Crippen molar-refractivity contribution >= 4 is 11.3 Å². The molecule has 1 N–H and O–H groups in total. The number of ether oxygens (including phenoxy) is 1. The van der Waals surface area contributed by atoms with E-state index in [1.54, 1.807) is 0 Å². The lowest BCUT2D eigenvalue weighted by Gasteiger charge is -2.32. The van der Waals surface area contributed by atoms with Crippen LogP contribution in [0.3, 0.4) is 0 Å². The summed E-state index contributed by atoms with van der Waals surface area (Å²) in [5.74, 6) is 0.713. The lowest BCUT2D eigenvalue weighted by atomic mass is 10.2. The van der Waals surface area contributed by atoms with Crippen molar-refractivity contribution in [2.75, 3.05) is 26.2 Å². The van der Waals surface area contributed by atoms with Gasteiger partial charge in [-0.05, 0) is 37.4 Å². The van der Waals surface area contributed by atoms with Crippen molar-refractivity contribution in [3.05, 3.63) is 21.4 Å². The smallest absolute Gasteiger partial charge is 0.0700 e. The molecule has 1 aliphatic rings. The number of aryl methyl sites for hydroxylation is 1. The Labute approximate surface area is 133 Å². The van der Waals surface area contributed by atoms with Crippen molar-refractivity contribution < 1.29 is 4.74 Å². The molecule has 21 heavy (non-hydrogen) atoms. The van der Waals surface area contributed by atoms with Gasteiger partial charge in [0, 0.05) is 35.9 Å². The highest BCUT2D eigenvalue weighted by atomic mass is 32.1. The van der Waals surface area contributed by atoms with E-state index in [1.165, 1.54) is 15.3 Å². The van der Waals surface area contributed by atoms with Crippen LogP contribution in [0.4, 0.5) is 0 Å². The van der Waals surface area contributed by atoms with Gasteiger partial charge < -0.3 is 10.1 Å². The third kappa shape index (κ3) is 5.37. The van der Waals surface area contributed by atoms with Crippen molar-refractivity contribution in [2.24, 2.45) is 5.92 Å². The van der Waals surface area contributed by atoms with E-state index in [4.69, 9.17) is 4.74 Å². The summed E-state index contributed by atoms with van der Waals surface area (Å²) >= 11 is 1.94. The van der Waals surface area contributed by atoms with Gasteiger partial charge in [0.25, 0.3) is 0 Å². The average Bonchev–Trinajstić information content (AvgIpc) is 2.79.